The van der Waals surface area contributed by atoms with Gasteiger partial charge in [-0.1, -0.05) is 12.1 Å². The number of aromatic nitrogens is 2. The molecular weight excluding hydrogens is 292 g/mol. The molecule has 0 fully saturated rings. The number of ether oxygens (including phenoxy) is 1. The first kappa shape index (κ1) is 15.3. The van der Waals surface area contributed by atoms with Crippen molar-refractivity contribution in [2.45, 2.75) is 13.3 Å². The van der Waals surface area contributed by atoms with Gasteiger partial charge in [0.1, 0.15) is 5.75 Å². The minimum atomic E-state index is -0.581. The SMILES string of the molecule is CCOc1ccccc1-c1cc(CC(=O)Cl)c(=O)n(C)n1. The summed E-state index contributed by atoms with van der Waals surface area (Å²) in [5, 5.41) is 3.64. The molecule has 2 rings (SSSR count). The van der Waals surface area contributed by atoms with Crippen molar-refractivity contribution in [2.24, 2.45) is 7.05 Å². The summed E-state index contributed by atoms with van der Waals surface area (Å²) in [6.45, 7) is 2.42. The average Bonchev–Trinajstić information content (AvgIpc) is 2.44. The number of nitrogens with zero attached hydrogens (tertiary/aromatic N) is 2. The highest BCUT2D eigenvalue weighted by atomic mass is 35.5. The molecule has 0 radical (unpaired) electrons. The maximum Gasteiger partial charge on any atom is 0.270 e. The summed E-state index contributed by atoms with van der Waals surface area (Å²) in [6, 6.07) is 8.99. The van der Waals surface area contributed by atoms with Crippen molar-refractivity contribution in [1.29, 1.82) is 0 Å². The van der Waals surface area contributed by atoms with E-state index in [4.69, 9.17) is 16.3 Å². The normalized spacial score (nSPS) is 10.4. The molecule has 1 aromatic heterocycles. The van der Waals surface area contributed by atoms with Gasteiger partial charge in [0.15, 0.2) is 0 Å². The lowest BCUT2D eigenvalue weighted by molar-refractivity contribution is -0.111. The summed E-state index contributed by atoms with van der Waals surface area (Å²) in [6.07, 6.45) is -0.124. The molecular formula is C15H15ClN2O3. The number of halogens is 1. The van der Waals surface area contributed by atoms with Crippen LogP contribution in [-0.4, -0.2) is 21.6 Å². The van der Waals surface area contributed by atoms with Gasteiger partial charge in [0, 0.05) is 18.2 Å². The van der Waals surface area contributed by atoms with Crippen molar-refractivity contribution in [3.05, 3.63) is 46.2 Å². The second-order valence-electron chi connectivity index (χ2n) is 4.44. The summed E-state index contributed by atoms with van der Waals surface area (Å²) < 4.78 is 6.76. The molecule has 1 aromatic carbocycles. The fourth-order valence-electron chi connectivity index (χ4n) is 2.04. The van der Waals surface area contributed by atoms with Crippen LogP contribution in [0.25, 0.3) is 11.3 Å². The number of para-hydroxylation sites is 1. The second kappa shape index (κ2) is 6.54. The fraction of sp³-hybridized carbons (Fsp3) is 0.267. The molecule has 110 valence electrons. The summed E-state index contributed by atoms with van der Waals surface area (Å²) in [5.74, 6) is 0.675. The van der Waals surface area contributed by atoms with E-state index in [1.165, 1.54) is 11.7 Å². The van der Waals surface area contributed by atoms with Gasteiger partial charge in [0.25, 0.3) is 5.56 Å². The lowest BCUT2D eigenvalue weighted by atomic mass is 10.1. The molecule has 0 N–H and O–H groups in total. The van der Waals surface area contributed by atoms with E-state index in [0.717, 1.165) is 5.56 Å². The molecule has 0 atom stereocenters. The maximum absolute atomic E-state index is 12.0. The standard InChI is InChI=1S/C15H15ClN2O3/c1-3-21-13-7-5-4-6-11(13)12-8-10(9-14(16)19)15(20)18(2)17-12/h4-8H,3,9H2,1-2H3. The molecule has 0 bridgehead atoms. The van der Waals surface area contributed by atoms with Crippen LogP contribution in [0.2, 0.25) is 0 Å². The highest BCUT2D eigenvalue weighted by molar-refractivity contribution is 6.63. The highest BCUT2D eigenvalue weighted by Crippen LogP contribution is 2.28. The van der Waals surface area contributed by atoms with E-state index in [1.54, 1.807) is 6.07 Å². The van der Waals surface area contributed by atoms with Gasteiger partial charge in [-0.15, -0.1) is 0 Å². The Balaban J connectivity index is 2.57. The molecule has 5 nitrogen and oxygen atoms in total. The third-order valence-electron chi connectivity index (χ3n) is 2.93. The van der Waals surface area contributed by atoms with E-state index in [9.17, 15) is 9.59 Å². The number of hydrogen-bond donors (Lipinski definition) is 0. The number of aryl methyl sites for hydroxylation is 1. The highest BCUT2D eigenvalue weighted by Gasteiger charge is 2.13. The van der Waals surface area contributed by atoms with E-state index < -0.39 is 5.24 Å². The number of benzene rings is 1. The fourth-order valence-corrected chi connectivity index (χ4v) is 2.18. The Morgan fingerprint density at radius 3 is 2.76 bits per heavy atom. The smallest absolute Gasteiger partial charge is 0.270 e. The van der Waals surface area contributed by atoms with E-state index in [2.05, 4.69) is 5.10 Å². The van der Waals surface area contributed by atoms with Gasteiger partial charge in [-0.05, 0) is 36.7 Å². The number of hydrogen-bond acceptors (Lipinski definition) is 4. The van der Waals surface area contributed by atoms with Crippen LogP contribution in [0.15, 0.2) is 35.1 Å². The molecule has 0 saturated heterocycles. The van der Waals surface area contributed by atoms with Crippen molar-refractivity contribution >= 4 is 16.8 Å². The Morgan fingerprint density at radius 1 is 1.38 bits per heavy atom. The van der Waals surface area contributed by atoms with E-state index >= 15 is 0 Å². The van der Waals surface area contributed by atoms with Gasteiger partial charge in [-0.3, -0.25) is 9.59 Å². The molecule has 2 aromatic rings. The van der Waals surface area contributed by atoms with Crippen LogP contribution >= 0.6 is 11.6 Å². The van der Waals surface area contributed by atoms with E-state index in [1.807, 2.05) is 31.2 Å². The zero-order valence-corrected chi connectivity index (χ0v) is 12.6. The predicted molar refractivity (Wildman–Crippen MR) is 80.6 cm³/mol. The van der Waals surface area contributed by atoms with Gasteiger partial charge >= 0.3 is 0 Å². The molecule has 0 saturated carbocycles. The van der Waals surface area contributed by atoms with Gasteiger partial charge in [0.2, 0.25) is 5.24 Å². The largest absolute Gasteiger partial charge is 0.493 e. The Labute approximate surface area is 127 Å². The molecule has 0 spiro atoms. The molecule has 21 heavy (non-hydrogen) atoms. The quantitative estimate of drug-likeness (QED) is 0.794. The molecule has 0 aliphatic carbocycles. The molecule has 0 amide bonds. The molecule has 1 heterocycles. The lowest BCUT2D eigenvalue weighted by Gasteiger charge is -2.11. The average molecular weight is 307 g/mol. The van der Waals surface area contributed by atoms with Gasteiger partial charge in [-0.2, -0.15) is 5.10 Å². The van der Waals surface area contributed by atoms with Crippen molar-refractivity contribution < 1.29 is 9.53 Å². The van der Waals surface area contributed by atoms with Crippen LogP contribution < -0.4 is 10.3 Å². The molecule has 0 unspecified atom stereocenters. The van der Waals surface area contributed by atoms with Crippen LogP contribution in [0.1, 0.15) is 12.5 Å². The Bertz CT molecular complexity index is 725. The van der Waals surface area contributed by atoms with Crippen molar-refractivity contribution in [2.75, 3.05) is 6.61 Å². The predicted octanol–water partition coefficient (Wildman–Crippen LogP) is 2.15. The first-order chi connectivity index (χ1) is 10.0. The summed E-state index contributed by atoms with van der Waals surface area (Å²) in [5.41, 5.74) is 1.31. The first-order valence-electron chi connectivity index (χ1n) is 6.50. The zero-order chi connectivity index (χ0) is 15.4. The third kappa shape index (κ3) is 3.49. The molecule has 0 aliphatic heterocycles. The lowest BCUT2D eigenvalue weighted by Crippen LogP contribution is -2.24. The topological polar surface area (TPSA) is 61.2 Å². The summed E-state index contributed by atoms with van der Waals surface area (Å²) in [7, 11) is 1.54. The molecule has 0 aliphatic rings. The van der Waals surface area contributed by atoms with Crippen LogP contribution in [0, 0.1) is 0 Å². The maximum atomic E-state index is 12.0. The zero-order valence-electron chi connectivity index (χ0n) is 11.8. The van der Waals surface area contributed by atoms with Crippen molar-refractivity contribution in [1.82, 2.24) is 9.78 Å². The van der Waals surface area contributed by atoms with Crippen molar-refractivity contribution in [3.8, 4) is 17.0 Å². The Morgan fingerprint density at radius 2 is 2.10 bits per heavy atom. The van der Waals surface area contributed by atoms with Crippen molar-refractivity contribution in [3.63, 3.8) is 0 Å². The van der Waals surface area contributed by atoms with E-state index in [-0.39, 0.29) is 12.0 Å². The van der Waals surface area contributed by atoms with Crippen LogP contribution in [-0.2, 0) is 18.3 Å². The van der Waals surface area contributed by atoms with Crippen LogP contribution in [0.3, 0.4) is 0 Å². The Kier molecular flexibility index (Phi) is 4.75. The van der Waals surface area contributed by atoms with Gasteiger partial charge in [0.05, 0.1) is 18.7 Å². The summed E-state index contributed by atoms with van der Waals surface area (Å²) >= 11 is 5.38. The number of rotatable bonds is 5. The van der Waals surface area contributed by atoms with Gasteiger partial charge < -0.3 is 4.74 Å². The number of carbonyl (C=O) groups excluding carboxylic acids is 1. The van der Waals surface area contributed by atoms with Gasteiger partial charge in [-0.25, -0.2) is 4.68 Å². The second-order valence-corrected chi connectivity index (χ2v) is 4.87. The first-order valence-corrected chi connectivity index (χ1v) is 6.88. The van der Waals surface area contributed by atoms with E-state index in [0.29, 0.717) is 23.6 Å². The Hall–Kier alpha value is -2.14. The minimum Gasteiger partial charge on any atom is -0.493 e. The minimum absolute atomic E-state index is 0.124. The molecule has 6 heteroatoms. The van der Waals surface area contributed by atoms with Crippen LogP contribution in [0.4, 0.5) is 0 Å². The number of carbonyl (C=O) groups is 1. The third-order valence-corrected chi connectivity index (χ3v) is 3.06. The summed E-state index contributed by atoms with van der Waals surface area (Å²) in [4.78, 5) is 23.0. The monoisotopic (exact) mass is 306 g/mol. The van der Waals surface area contributed by atoms with Crippen LogP contribution in [0.5, 0.6) is 5.75 Å².